The maximum Gasteiger partial charge on any atom is 0.161 e. The minimum Gasteiger partial charge on any atom is -0.504 e. The molecule has 98 valence electrons. The largest absolute Gasteiger partial charge is 0.504 e. The molecule has 0 saturated carbocycles. The van der Waals surface area contributed by atoms with Crippen molar-refractivity contribution in [2.24, 2.45) is 5.10 Å². The maximum absolute atomic E-state index is 9.51. The zero-order valence-corrected chi connectivity index (χ0v) is 10.9. The number of methoxy groups -OCH3 is 1. The van der Waals surface area contributed by atoms with E-state index >= 15 is 0 Å². The van der Waals surface area contributed by atoms with E-state index in [1.807, 2.05) is 37.4 Å². The normalized spacial score (nSPS) is 10.6. The molecule has 0 aromatic heterocycles. The molecule has 0 fully saturated rings. The molecular weight excluding hydrogens is 240 g/mol. The number of rotatable bonds is 4. The van der Waals surface area contributed by atoms with E-state index in [1.54, 1.807) is 29.4 Å². The minimum absolute atomic E-state index is 0.121. The van der Waals surface area contributed by atoms with E-state index < -0.39 is 0 Å². The second-order valence-corrected chi connectivity index (χ2v) is 4.04. The molecule has 0 aliphatic rings. The van der Waals surface area contributed by atoms with E-state index in [1.165, 1.54) is 7.11 Å². The fourth-order valence-electron chi connectivity index (χ4n) is 1.64. The highest BCUT2D eigenvalue weighted by Crippen LogP contribution is 2.25. The lowest BCUT2D eigenvalue weighted by Gasteiger charge is -2.12. The van der Waals surface area contributed by atoms with Gasteiger partial charge in [-0.2, -0.15) is 5.10 Å². The number of anilines is 1. The quantitative estimate of drug-likeness (QED) is 0.675. The summed E-state index contributed by atoms with van der Waals surface area (Å²) in [5, 5.41) is 15.6. The first kappa shape index (κ1) is 13.0. The molecule has 19 heavy (non-hydrogen) atoms. The second kappa shape index (κ2) is 5.91. The van der Waals surface area contributed by atoms with Crippen molar-refractivity contribution in [1.82, 2.24) is 0 Å². The van der Waals surface area contributed by atoms with Crippen molar-refractivity contribution in [1.29, 1.82) is 0 Å². The highest BCUT2D eigenvalue weighted by atomic mass is 16.5. The molecule has 0 saturated heterocycles. The lowest BCUT2D eigenvalue weighted by atomic mass is 10.2. The van der Waals surface area contributed by atoms with Crippen LogP contribution in [0.3, 0.4) is 0 Å². The van der Waals surface area contributed by atoms with Crippen LogP contribution in [0.25, 0.3) is 0 Å². The molecule has 2 aromatic rings. The molecule has 4 heteroatoms. The Bertz CT molecular complexity index is 568. The molecule has 0 aliphatic carbocycles. The molecule has 0 spiro atoms. The number of phenols is 1. The van der Waals surface area contributed by atoms with Crippen molar-refractivity contribution >= 4 is 11.9 Å². The summed E-state index contributed by atoms with van der Waals surface area (Å²) in [6.07, 6.45) is 1.72. The first-order valence-corrected chi connectivity index (χ1v) is 5.90. The van der Waals surface area contributed by atoms with E-state index in [0.29, 0.717) is 5.75 Å². The third-order valence-electron chi connectivity index (χ3n) is 2.71. The first-order chi connectivity index (χ1) is 9.20. The fourth-order valence-corrected chi connectivity index (χ4v) is 1.64. The van der Waals surface area contributed by atoms with Crippen LogP contribution < -0.4 is 9.75 Å². The van der Waals surface area contributed by atoms with Crippen LogP contribution >= 0.6 is 0 Å². The molecule has 0 radical (unpaired) electrons. The average molecular weight is 256 g/mol. The van der Waals surface area contributed by atoms with Gasteiger partial charge in [0.1, 0.15) is 0 Å². The second-order valence-electron chi connectivity index (χ2n) is 4.04. The molecular formula is C15H16N2O2. The fraction of sp³-hybridized carbons (Fsp3) is 0.133. The average Bonchev–Trinajstić information content (AvgIpc) is 2.47. The number of para-hydroxylation sites is 1. The van der Waals surface area contributed by atoms with E-state index in [0.717, 1.165) is 11.3 Å². The third-order valence-corrected chi connectivity index (χ3v) is 2.71. The van der Waals surface area contributed by atoms with Gasteiger partial charge in [0.2, 0.25) is 0 Å². The van der Waals surface area contributed by atoms with Crippen molar-refractivity contribution in [2.75, 3.05) is 19.2 Å². The van der Waals surface area contributed by atoms with Crippen LogP contribution in [0.2, 0.25) is 0 Å². The summed E-state index contributed by atoms with van der Waals surface area (Å²) in [6.45, 7) is 0. The number of hydrazone groups is 1. The lowest BCUT2D eigenvalue weighted by Crippen LogP contribution is -2.08. The Labute approximate surface area is 112 Å². The summed E-state index contributed by atoms with van der Waals surface area (Å²) in [4.78, 5) is 0. The molecule has 2 rings (SSSR count). The third kappa shape index (κ3) is 3.25. The van der Waals surface area contributed by atoms with E-state index in [2.05, 4.69) is 5.10 Å². The van der Waals surface area contributed by atoms with Gasteiger partial charge in [-0.15, -0.1) is 0 Å². The van der Waals surface area contributed by atoms with Gasteiger partial charge in [-0.3, -0.25) is 5.01 Å². The number of hydrogen-bond acceptors (Lipinski definition) is 4. The number of aromatic hydroxyl groups is 1. The molecule has 4 nitrogen and oxygen atoms in total. The summed E-state index contributed by atoms with van der Waals surface area (Å²) < 4.78 is 5.05. The standard InChI is InChI=1S/C15H16N2O2/c1-17(13-6-4-3-5-7-13)16-11-12-8-9-14(18)15(10-12)19-2/h3-11,18H,1-2H3/b16-11-. The summed E-state index contributed by atoms with van der Waals surface area (Å²) >= 11 is 0. The Hall–Kier alpha value is -2.49. The van der Waals surface area contributed by atoms with Crippen LogP contribution in [0.5, 0.6) is 11.5 Å². The highest BCUT2D eigenvalue weighted by molar-refractivity contribution is 5.81. The smallest absolute Gasteiger partial charge is 0.161 e. The Morgan fingerprint density at radius 1 is 1.16 bits per heavy atom. The van der Waals surface area contributed by atoms with E-state index in [4.69, 9.17) is 4.74 Å². The minimum atomic E-state index is 0.121. The van der Waals surface area contributed by atoms with Gasteiger partial charge >= 0.3 is 0 Å². The number of nitrogens with zero attached hydrogens (tertiary/aromatic N) is 2. The van der Waals surface area contributed by atoms with Gasteiger partial charge in [0.25, 0.3) is 0 Å². The number of hydrogen-bond donors (Lipinski definition) is 1. The highest BCUT2D eigenvalue weighted by Gasteiger charge is 2.01. The lowest BCUT2D eigenvalue weighted by molar-refractivity contribution is 0.373. The molecule has 0 aliphatic heterocycles. The molecule has 0 amide bonds. The molecule has 0 unspecified atom stereocenters. The Balaban J connectivity index is 2.14. The van der Waals surface area contributed by atoms with Crippen LogP contribution in [-0.2, 0) is 0 Å². The number of ether oxygens (including phenoxy) is 1. The number of phenolic OH excluding ortho intramolecular Hbond substituents is 1. The molecule has 2 aromatic carbocycles. The SMILES string of the molecule is COc1cc(/C=N\N(C)c2ccccc2)ccc1O. The van der Waals surface area contributed by atoms with Gasteiger partial charge in [-0.1, -0.05) is 18.2 Å². The summed E-state index contributed by atoms with van der Waals surface area (Å²) in [5.41, 5.74) is 1.86. The molecule has 0 heterocycles. The van der Waals surface area contributed by atoms with Gasteiger partial charge in [-0.25, -0.2) is 0 Å². The summed E-state index contributed by atoms with van der Waals surface area (Å²) in [5.74, 6) is 0.558. The van der Waals surface area contributed by atoms with Crippen LogP contribution in [-0.4, -0.2) is 25.5 Å². The van der Waals surface area contributed by atoms with Gasteiger partial charge in [-0.05, 0) is 35.9 Å². The van der Waals surface area contributed by atoms with Crippen LogP contribution in [0.15, 0.2) is 53.6 Å². The molecule has 0 atom stereocenters. The van der Waals surface area contributed by atoms with Crippen molar-refractivity contribution in [3.05, 3.63) is 54.1 Å². The van der Waals surface area contributed by atoms with Crippen LogP contribution in [0.1, 0.15) is 5.56 Å². The van der Waals surface area contributed by atoms with Crippen molar-refractivity contribution in [3.8, 4) is 11.5 Å². The van der Waals surface area contributed by atoms with Crippen molar-refractivity contribution in [3.63, 3.8) is 0 Å². The predicted molar refractivity (Wildman–Crippen MR) is 77.1 cm³/mol. The van der Waals surface area contributed by atoms with Crippen molar-refractivity contribution in [2.45, 2.75) is 0 Å². The van der Waals surface area contributed by atoms with Gasteiger partial charge in [0, 0.05) is 7.05 Å². The maximum atomic E-state index is 9.51. The zero-order valence-electron chi connectivity index (χ0n) is 10.9. The Kier molecular flexibility index (Phi) is 4.03. The van der Waals surface area contributed by atoms with Gasteiger partial charge in [0.05, 0.1) is 19.0 Å². The first-order valence-electron chi connectivity index (χ1n) is 5.90. The van der Waals surface area contributed by atoms with Gasteiger partial charge < -0.3 is 9.84 Å². The number of benzene rings is 2. The monoisotopic (exact) mass is 256 g/mol. The summed E-state index contributed by atoms with van der Waals surface area (Å²) in [6, 6.07) is 15.0. The summed E-state index contributed by atoms with van der Waals surface area (Å²) in [7, 11) is 3.40. The zero-order chi connectivity index (χ0) is 13.7. The van der Waals surface area contributed by atoms with Gasteiger partial charge in [0.15, 0.2) is 11.5 Å². The van der Waals surface area contributed by atoms with Crippen molar-refractivity contribution < 1.29 is 9.84 Å². The van der Waals surface area contributed by atoms with Crippen LogP contribution in [0.4, 0.5) is 5.69 Å². The predicted octanol–water partition coefficient (Wildman–Crippen LogP) is 2.87. The van der Waals surface area contributed by atoms with E-state index in [9.17, 15) is 5.11 Å². The topological polar surface area (TPSA) is 45.1 Å². The Morgan fingerprint density at radius 2 is 1.89 bits per heavy atom. The Morgan fingerprint density at radius 3 is 2.58 bits per heavy atom. The molecule has 0 bridgehead atoms. The van der Waals surface area contributed by atoms with E-state index in [-0.39, 0.29) is 5.75 Å². The molecule has 1 N–H and O–H groups in total. The van der Waals surface area contributed by atoms with Crippen LogP contribution in [0, 0.1) is 0 Å².